The van der Waals surface area contributed by atoms with Gasteiger partial charge in [-0.15, -0.1) is 0 Å². The van der Waals surface area contributed by atoms with Crippen LogP contribution < -0.4 is 5.73 Å². The molecule has 0 radical (unpaired) electrons. The van der Waals surface area contributed by atoms with Crippen molar-refractivity contribution in [3.63, 3.8) is 0 Å². The molecule has 1 aromatic heterocycles. The normalized spacial score (nSPS) is 10.6. The molecule has 0 bridgehead atoms. The Kier molecular flexibility index (Phi) is 3.94. The number of amides is 1. The Balaban J connectivity index is 2.21. The van der Waals surface area contributed by atoms with Crippen LogP contribution in [-0.4, -0.2) is 5.91 Å². The van der Waals surface area contributed by atoms with Crippen molar-refractivity contribution in [3.8, 4) is 11.3 Å². The van der Waals surface area contributed by atoms with E-state index in [2.05, 4.69) is 0 Å². The molecule has 3 nitrogen and oxygen atoms in total. The van der Waals surface area contributed by atoms with Crippen LogP contribution in [0.3, 0.4) is 0 Å². The highest BCUT2D eigenvalue weighted by Crippen LogP contribution is 2.31. The van der Waals surface area contributed by atoms with Crippen molar-refractivity contribution in [1.82, 2.24) is 0 Å². The van der Waals surface area contributed by atoms with Crippen LogP contribution in [0.5, 0.6) is 0 Å². The lowest BCUT2D eigenvalue weighted by molar-refractivity contribution is -0.118. The first kappa shape index (κ1) is 13.0. The molecule has 0 fully saturated rings. The van der Waals surface area contributed by atoms with E-state index in [1.165, 1.54) is 0 Å². The van der Waals surface area contributed by atoms with Crippen LogP contribution in [0.4, 0.5) is 0 Å². The number of rotatable bonds is 4. The third-order valence-electron chi connectivity index (χ3n) is 2.48. The van der Waals surface area contributed by atoms with Gasteiger partial charge in [-0.05, 0) is 30.3 Å². The van der Waals surface area contributed by atoms with Gasteiger partial charge in [0.25, 0.3) is 0 Å². The molecule has 2 N–H and O–H groups in total. The van der Waals surface area contributed by atoms with Crippen LogP contribution >= 0.6 is 23.2 Å². The highest BCUT2D eigenvalue weighted by Gasteiger charge is 2.09. The molecule has 0 saturated carbocycles. The first-order valence-electron chi connectivity index (χ1n) is 5.38. The van der Waals surface area contributed by atoms with Crippen molar-refractivity contribution in [2.24, 2.45) is 5.73 Å². The number of halogens is 2. The molecule has 5 heteroatoms. The van der Waals surface area contributed by atoms with Gasteiger partial charge in [0.1, 0.15) is 11.5 Å². The number of hydrogen-bond acceptors (Lipinski definition) is 2. The van der Waals surface area contributed by atoms with Gasteiger partial charge in [-0.3, -0.25) is 4.79 Å². The number of aryl methyl sites for hydroxylation is 1. The summed E-state index contributed by atoms with van der Waals surface area (Å²) >= 11 is 11.9. The maximum atomic E-state index is 10.7. The van der Waals surface area contributed by atoms with Crippen molar-refractivity contribution in [2.75, 3.05) is 0 Å². The monoisotopic (exact) mass is 283 g/mol. The second-order valence-corrected chi connectivity index (χ2v) is 4.70. The Morgan fingerprint density at radius 1 is 1.22 bits per heavy atom. The van der Waals surface area contributed by atoms with Gasteiger partial charge in [-0.25, -0.2) is 0 Å². The van der Waals surface area contributed by atoms with Crippen molar-refractivity contribution in [2.45, 2.75) is 12.8 Å². The second kappa shape index (κ2) is 5.46. The number of furan rings is 1. The van der Waals surface area contributed by atoms with E-state index in [4.69, 9.17) is 33.4 Å². The minimum atomic E-state index is -0.350. The van der Waals surface area contributed by atoms with Crippen LogP contribution in [0.2, 0.25) is 10.0 Å². The lowest BCUT2D eigenvalue weighted by atomic mass is 10.2. The number of benzene rings is 1. The fourth-order valence-corrected chi connectivity index (χ4v) is 2.09. The number of hydrogen-bond donors (Lipinski definition) is 1. The van der Waals surface area contributed by atoms with E-state index in [1.54, 1.807) is 18.2 Å². The maximum absolute atomic E-state index is 10.7. The van der Waals surface area contributed by atoms with Crippen molar-refractivity contribution < 1.29 is 9.21 Å². The van der Waals surface area contributed by atoms with E-state index in [1.807, 2.05) is 12.1 Å². The number of carbonyl (C=O) groups excluding carboxylic acids is 1. The summed E-state index contributed by atoms with van der Waals surface area (Å²) in [5.74, 6) is 1.00. The van der Waals surface area contributed by atoms with Crippen molar-refractivity contribution in [1.29, 1.82) is 0 Å². The molecule has 0 aliphatic carbocycles. The molecule has 1 heterocycles. The second-order valence-electron chi connectivity index (χ2n) is 3.86. The van der Waals surface area contributed by atoms with Gasteiger partial charge in [0, 0.05) is 23.4 Å². The largest absolute Gasteiger partial charge is 0.461 e. The summed E-state index contributed by atoms with van der Waals surface area (Å²) in [4.78, 5) is 10.7. The Morgan fingerprint density at radius 2 is 2.00 bits per heavy atom. The molecule has 0 unspecified atom stereocenters. The van der Waals surface area contributed by atoms with Gasteiger partial charge < -0.3 is 10.2 Å². The SMILES string of the molecule is NC(=O)CCc1ccc(-c2ccc(Cl)cc2Cl)o1. The third-order valence-corrected chi connectivity index (χ3v) is 3.02. The van der Waals surface area contributed by atoms with Crippen LogP contribution in [0.1, 0.15) is 12.2 Å². The Labute approximate surface area is 114 Å². The zero-order chi connectivity index (χ0) is 13.1. The Hall–Kier alpha value is -1.45. The Morgan fingerprint density at radius 3 is 2.67 bits per heavy atom. The number of nitrogens with two attached hydrogens (primary N) is 1. The van der Waals surface area contributed by atoms with E-state index in [0.717, 1.165) is 5.56 Å². The van der Waals surface area contributed by atoms with Crippen LogP contribution in [0.25, 0.3) is 11.3 Å². The van der Waals surface area contributed by atoms with E-state index in [9.17, 15) is 4.79 Å². The van der Waals surface area contributed by atoms with Gasteiger partial charge >= 0.3 is 0 Å². The minimum absolute atomic E-state index is 0.265. The van der Waals surface area contributed by atoms with Gasteiger partial charge in [0.15, 0.2) is 0 Å². The zero-order valence-corrected chi connectivity index (χ0v) is 11.0. The smallest absolute Gasteiger partial charge is 0.217 e. The summed E-state index contributed by atoms with van der Waals surface area (Å²) in [5, 5.41) is 1.10. The van der Waals surface area contributed by atoms with E-state index in [0.29, 0.717) is 28.0 Å². The molecule has 2 rings (SSSR count). The van der Waals surface area contributed by atoms with Gasteiger partial charge in [-0.1, -0.05) is 23.2 Å². The molecule has 0 atom stereocenters. The molecule has 1 aromatic carbocycles. The van der Waals surface area contributed by atoms with E-state index < -0.39 is 0 Å². The average Bonchev–Trinajstić information content (AvgIpc) is 2.75. The predicted octanol–water partition coefficient (Wildman–Crippen LogP) is 3.67. The van der Waals surface area contributed by atoms with Gasteiger partial charge in [0.2, 0.25) is 5.91 Å². The van der Waals surface area contributed by atoms with Crippen molar-refractivity contribution >= 4 is 29.1 Å². The van der Waals surface area contributed by atoms with Gasteiger partial charge in [0.05, 0.1) is 5.02 Å². The molecule has 1 amide bonds. The number of carbonyl (C=O) groups is 1. The first-order valence-corrected chi connectivity index (χ1v) is 6.14. The molecule has 0 aliphatic heterocycles. The summed E-state index contributed by atoms with van der Waals surface area (Å²) in [5.41, 5.74) is 5.85. The maximum Gasteiger partial charge on any atom is 0.217 e. The standard InChI is InChI=1S/C13H11Cl2NO2/c14-8-1-4-10(11(15)7-8)12-5-2-9(18-12)3-6-13(16)17/h1-2,4-5,7H,3,6H2,(H2,16,17). The number of primary amides is 1. The lowest BCUT2D eigenvalue weighted by Crippen LogP contribution is -2.10. The summed E-state index contributed by atoms with van der Waals surface area (Å²) < 4.78 is 5.61. The molecule has 2 aromatic rings. The first-order chi connectivity index (χ1) is 8.56. The topological polar surface area (TPSA) is 56.2 Å². The minimum Gasteiger partial charge on any atom is -0.461 e. The molecule has 0 aliphatic rings. The third kappa shape index (κ3) is 3.06. The molecular weight excluding hydrogens is 273 g/mol. The quantitative estimate of drug-likeness (QED) is 0.931. The predicted molar refractivity (Wildman–Crippen MR) is 71.7 cm³/mol. The fraction of sp³-hybridized carbons (Fsp3) is 0.154. The summed E-state index contributed by atoms with van der Waals surface area (Å²) in [7, 11) is 0. The molecule has 94 valence electrons. The van der Waals surface area contributed by atoms with Gasteiger partial charge in [-0.2, -0.15) is 0 Å². The van der Waals surface area contributed by atoms with Crippen LogP contribution in [-0.2, 0) is 11.2 Å². The zero-order valence-electron chi connectivity index (χ0n) is 9.45. The van der Waals surface area contributed by atoms with Crippen molar-refractivity contribution in [3.05, 3.63) is 46.1 Å². The Bertz CT molecular complexity index is 578. The average molecular weight is 284 g/mol. The summed E-state index contributed by atoms with van der Waals surface area (Å²) in [6, 6.07) is 8.81. The molecule has 18 heavy (non-hydrogen) atoms. The fourth-order valence-electron chi connectivity index (χ4n) is 1.59. The van der Waals surface area contributed by atoms with Crippen LogP contribution in [0.15, 0.2) is 34.7 Å². The van der Waals surface area contributed by atoms with E-state index >= 15 is 0 Å². The lowest BCUT2D eigenvalue weighted by Gasteiger charge is -2.01. The molecular formula is C13H11Cl2NO2. The van der Waals surface area contributed by atoms with E-state index in [-0.39, 0.29) is 12.3 Å². The summed E-state index contributed by atoms with van der Waals surface area (Å²) in [6.45, 7) is 0. The highest BCUT2D eigenvalue weighted by molar-refractivity contribution is 6.36. The van der Waals surface area contributed by atoms with Crippen LogP contribution in [0, 0.1) is 0 Å². The molecule has 0 spiro atoms. The molecule has 0 saturated heterocycles. The summed E-state index contributed by atoms with van der Waals surface area (Å²) in [6.07, 6.45) is 0.752. The highest BCUT2D eigenvalue weighted by atomic mass is 35.5.